The summed E-state index contributed by atoms with van der Waals surface area (Å²) in [5.74, 6) is 0.0606. The second-order valence-electron chi connectivity index (χ2n) is 4.89. The van der Waals surface area contributed by atoms with Crippen LogP contribution in [0.15, 0.2) is 18.2 Å². The van der Waals surface area contributed by atoms with E-state index in [1.54, 1.807) is 0 Å². The molecule has 19 heavy (non-hydrogen) atoms. The highest BCUT2D eigenvalue weighted by Gasteiger charge is 2.27. The average Bonchev–Trinajstić information content (AvgIpc) is 2.80. The lowest BCUT2D eigenvalue weighted by atomic mass is 9.98. The summed E-state index contributed by atoms with van der Waals surface area (Å²) in [5, 5.41) is 6.13. The molecule has 1 amide bonds. The van der Waals surface area contributed by atoms with E-state index in [0.717, 1.165) is 16.8 Å². The van der Waals surface area contributed by atoms with Gasteiger partial charge in [-0.25, -0.2) is 0 Å². The van der Waals surface area contributed by atoms with Gasteiger partial charge in [0.25, 0.3) is 0 Å². The number of anilines is 1. The molecule has 2 aliphatic rings. The molecule has 2 heterocycles. The number of likely N-dealkylation sites (N-methyl/N-ethyl adjacent to an activating group) is 1. The van der Waals surface area contributed by atoms with Crippen LogP contribution in [0.4, 0.5) is 5.69 Å². The molecule has 2 atom stereocenters. The van der Waals surface area contributed by atoms with Gasteiger partial charge in [0.1, 0.15) is 6.10 Å². The van der Waals surface area contributed by atoms with Crippen LogP contribution < -0.4 is 10.6 Å². The number of nitrogens with one attached hydrogen (secondary N) is 2. The minimum Gasteiger partial charge on any atom is -0.376 e. The topological polar surface area (TPSA) is 59.6 Å². The number of hydrogen-bond acceptors (Lipinski definition) is 4. The zero-order valence-corrected chi connectivity index (χ0v) is 10.9. The maximum Gasteiger partial charge on any atom is 0.228 e. The highest BCUT2D eigenvalue weighted by Crippen LogP contribution is 2.28. The van der Waals surface area contributed by atoms with Gasteiger partial charge in [-0.3, -0.25) is 4.79 Å². The van der Waals surface area contributed by atoms with Crippen LogP contribution in [0.3, 0.4) is 0 Å². The molecule has 1 aromatic rings. The minimum atomic E-state index is 0.0156. The monoisotopic (exact) mass is 262 g/mol. The van der Waals surface area contributed by atoms with Crippen molar-refractivity contribution >= 4 is 11.6 Å². The second-order valence-corrected chi connectivity index (χ2v) is 4.89. The molecule has 3 rings (SSSR count). The van der Waals surface area contributed by atoms with Gasteiger partial charge in [-0.15, -0.1) is 0 Å². The number of carbonyl (C=O) groups excluding carboxylic acids is 1. The van der Waals surface area contributed by atoms with E-state index in [4.69, 9.17) is 9.47 Å². The largest absolute Gasteiger partial charge is 0.376 e. The molecule has 2 aliphatic heterocycles. The third-order valence-electron chi connectivity index (χ3n) is 3.64. The summed E-state index contributed by atoms with van der Waals surface area (Å²) in [6.45, 7) is 1.89. The molecule has 1 aromatic carbocycles. The van der Waals surface area contributed by atoms with Gasteiger partial charge in [-0.2, -0.15) is 0 Å². The first-order valence-electron chi connectivity index (χ1n) is 6.57. The number of carbonyl (C=O) groups is 1. The lowest BCUT2D eigenvalue weighted by Gasteiger charge is -2.30. The quantitative estimate of drug-likeness (QED) is 0.848. The fourth-order valence-corrected chi connectivity index (χ4v) is 2.71. The van der Waals surface area contributed by atoms with Crippen molar-refractivity contribution in [3.63, 3.8) is 0 Å². The van der Waals surface area contributed by atoms with Gasteiger partial charge in [0.2, 0.25) is 5.91 Å². The summed E-state index contributed by atoms with van der Waals surface area (Å²) in [6, 6.07) is 6.15. The van der Waals surface area contributed by atoms with Gasteiger partial charge in [-0.1, -0.05) is 12.1 Å². The molecule has 0 saturated carbocycles. The Morgan fingerprint density at radius 2 is 2.32 bits per heavy atom. The van der Waals surface area contributed by atoms with E-state index in [1.807, 2.05) is 19.2 Å². The molecule has 0 aliphatic carbocycles. The average molecular weight is 262 g/mol. The van der Waals surface area contributed by atoms with Gasteiger partial charge in [-0.05, 0) is 24.2 Å². The van der Waals surface area contributed by atoms with E-state index in [-0.39, 0.29) is 18.1 Å². The van der Waals surface area contributed by atoms with Gasteiger partial charge in [0.05, 0.1) is 32.3 Å². The van der Waals surface area contributed by atoms with Crippen LogP contribution in [0.5, 0.6) is 0 Å². The normalized spacial score (nSPS) is 23.8. The Kier molecular flexibility index (Phi) is 3.50. The lowest BCUT2D eigenvalue weighted by molar-refractivity contribution is -0.115. The second kappa shape index (κ2) is 5.28. The fourth-order valence-electron chi connectivity index (χ4n) is 2.71. The zero-order chi connectivity index (χ0) is 13.2. The maximum atomic E-state index is 11.4. The summed E-state index contributed by atoms with van der Waals surface area (Å²) in [6.07, 6.45) is 0.476. The van der Waals surface area contributed by atoms with Crippen molar-refractivity contribution in [1.29, 1.82) is 0 Å². The van der Waals surface area contributed by atoms with E-state index in [1.165, 1.54) is 0 Å². The van der Waals surface area contributed by atoms with Gasteiger partial charge in [0.15, 0.2) is 0 Å². The van der Waals surface area contributed by atoms with Crippen molar-refractivity contribution in [3.8, 4) is 0 Å². The maximum absolute atomic E-state index is 11.4. The molecule has 0 bridgehead atoms. The molecular weight excluding hydrogens is 244 g/mol. The summed E-state index contributed by atoms with van der Waals surface area (Å²) in [7, 11) is 1.92. The van der Waals surface area contributed by atoms with Crippen LogP contribution >= 0.6 is 0 Å². The first-order chi connectivity index (χ1) is 9.28. The Labute approximate surface area is 112 Å². The fraction of sp³-hybridized carbons (Fsp3) is 0.500. The molecule has 2 N–H and O–H groups in total. The summed E-state index contributed by atoms with van der Waals surface area (Å²) in [5.41, 5.74) is 3.11. The van der Waals surface area contributed by atoms with Crippen molar-refractivity contribution in [2.45, 2.75) is 18.6 Å². The number of ether oxygens (including phenoxy) is 2. The molecular formula is C14H18N2O3. The van der Waals surface area contributed by atoms with Crippen LogP contribution in [-0.2, 0) is 20.7 Å². The zero-order valence-electron chi connectivity index (χ0n) is 10.9. The summed E-state index contributed by atoms with van der Waals surface area (Å²) >= 11 is 0. The molecule has 0 aromatic heterocycles. The summed E-state index contributed by atoms with van der Waals surface area (Å²) in [4.78, 5) is 11.4. The molecule has 0 radical (unpaired) electrons. The van der Waals surface area contributed by atoms with Gasteiger partial charge in [0, 0.05) is 5.69 Å². The third-order valence-corrected chi connectivity index (χ3v) is 3.64. The first kappa shape index (κ1) is 12.6. The number of fused-ring (bicyclic) bond motifs is 1. The Balaban J connectivity index is 1.83. The van der Waals surface area contributed by atoms with Crippen LogP contribution in [0.1, 0.15) is 17.2 Å². The molecule has 102 valence electrons. The lowest BCUT2D eigenvalue weighted by Crippen LogP contribution is -2.39. The van der Waals surface area contributed by atoms with E-state index < -0.39 is 0 Å². The molecule has 0 spiro atoms. The molecule has 1 fully saturated rings. The predicted molar refractivity (Wildman–Crippen MR) is 71.1 cm³/mol. The Morgan fingerprint density at radius 3 is 3.05 bits per heavy atom. The number of rotatable bonds is 3. The predicted octanol–water partition coefficient (Wildman–Crippen LogP) is 0.857. The first-order valence-corrected chi connectivity index (χ1v) is 6.57. The smallest absolute Gasteiger partial charge is 0.228 e. The van der Waals surface area contributed by atoms with E-state index in [2.05, 4.69) is 16.7 Å². The number of benzene rings is 1. The van der Waals surface area contributed by atoms with Crippen molar-refractivity contribution in [1.82, 2.24) is 5.32 Å². The van der Waals surface area contributed by atoms with Crippen LogP contribution in [-0.4, -0.2) is 38.9 Å². The Bertz CT molecular complexity index is 484. The third kappa shape index (κ3) is 2.49. The Hall–Kier alpha value is -1.43. The molecule has 5 nitrogen and oxygen atoms in total. The number of hydrogen-bond donors (Lipinski definition) is 2. The molecule has 2 unspecified atom stereocenters. The Morgan fingerprint density at radius 1 is 1.42 bits per heavy atom. The van der Waals surface area contributed by atoms with Gasteiger partial charge >= 0.3 is 0 Å². The van der Waals surface area contributed by atoms with Crippen molar-refractivity contribution in [2.75, 3.05) is 32.2 Å². The SMILES string of the molecule is CNC(c1ccc2c(c1)CC(=O)N2)C1COCCO1. The van der Waals surface area contributed by atoms with Crippen molar-refractivity contribution in [2.24, 2.45) is 0 Å². The van der Waals surface area contributed by atoms with Crippen molar-refractivity contribution in [3.05, 3.63) is 29.3 Å². The van der Waals surface area contributed by atoms with Gasteiger partial charge < -0.3 is 20.1 Å². The summed E-state index contributed by atoms with van der Waals surface area (Å²) < 4.78 is 11.2. The van der Waals surface area contributed by atoms with Crippen molar-refractivity contribution < 1.29 is 14.3 Å². The highest BCUT2D eigenvalue weighted by molar-refractivity contribution is 5.99. The molecule has 1 saturated heterocycles. The number of amides is 1. The van der Waals surface area contributed by atoms with E-state index in [9.17, 15) is 4.79 Å². The highest BCUT2D eigenvalue weighted by atomic mass is 16.6. The van der Waals surface area contributed by atoms with E-state index in [0.29, 0.717) is 26.2 Å². The van der Waals surface area contributed by atoms with Crippen LogP contribution in [0, 0.1) is 0 Å². The standard InChI is InChI=1S/C14H18N2O3/c1-15-14(12-8-18-4-5-19-12)9-2-3-11-10(6-9)7-13(17)16-11/h2-3,6,12,14-15H,4-5,7-8H2,1H3,(H,16,17). The molecule has 5 heteroatoms. The van der Waals surface area contributed by atoms with Crippen LogP contribution in [0.25, 0.3) is 0 Å². The van der Waals surface area contributed by atoms with Crippen LogP contribution in [0.2, 0.25) is 0 Å². The van der Waals surface area contributed by atoms with E-state index >= 15 is 0 Å². The minimum absolute atomic E-state index is 0.0156.